The average molecular weight is 189 g/mol. The van der Waals surface area contributed by atoms with Crippen molar-refractivity contribution in [2.75, 3.05) is 0 Å². The fraction of sp³-hybridized carbons (Fsp3) is 0. The van der Waals surface area contributed by atoms with Crippen molar-refractivity contribution in [2.24, 2.45) is 0 Å². The summed E-state index contributed by atoms with van der Waals surface area (Å²) >= 11 is 0. The first-order valence-electron chi connectivity index (χ1n) is 1.30. The maximum Gasteiger partial charge on any atom is 2.00 e. The van der Waals surface area contributed by atoms with Crippen LogP contribution in [0.25, 0.3) is 0 Å². The molecule has 0 saturated heterocycles. The van der Waals surface area contributed by atoms with Gasteiger partial charge in [0.15, 0.2) is 0 Å². The molecular weight excluding hydrogens is 183 g/mol. The summed E-state index contributed by atoms with van der Waals surface area (Å²) in [5.41, 5.74) is 0. The molecule has 0 aliphatic heterocycles. The normalized spacial score (nSPS) is 4.80. The Labute approximate surface area is 118 Å². The van der Waals surface area contributed by atoms with Crippen LogP contribution >= 0.6 is 0 Å². The number of carboxylic acid groups (broad SMARTS) is 4. The van der Waals surface area contributed by atoms with Gasteiger partial charge in [-0.05, 0) is 0 Å². The summed E-state index contributed by atoms with van der Waals surface area (Å²) in [6.45, 7) is 0. The van der Waals surface area contributed by atoms with Crippen molar-refractivity contribution in [1.29, 1.82) is 0 Å². The molecule has 0 fully saturated rings. The topological polar surface area (TPSA) is 115 Å². The molecule has 0 amide bonds. The molecule has 0 rings (SSSR count). The molecular formula is C2H6KMgO6+5. The maximum absolute atomic E-state index is 8.56. The van der Waals surface area contributed by atoms with Gasteiger partial charge in [-0.15, -0.1) is 0 Å². The van der Waals surface area contributed by atoms with E-state index >= 15 is 0 Å². The van der Waals surface area contributed by atoms with Crippen molar-refractivity contribution in [3.63, 3.8) is 0 Å². The zero-order valence-corrected chi connectivity index (χ0v) is 9.85. The van der Waals surface area contributed by atoms with E-state index in [1.807, 2.05) is 0 Å². The number of hydrogen-bond acceptors (Lipinski definition) is 2. The van der Waals surface area contributed by atoms with E-state index in [1.54, 1.807) is 0 Å². The van der Waals surface area contributed by atoms with Crippen LogP contribution in [0.5, 0.6) is 0 Å². The van der Waals surface area contributed by atoms with Crippen LogP contribution in [0.1, 0.15) is 2.85 Å². The zero-order valence-electron chi connectivity index (χ0n) is 7.31. The van der Waals surface area contributed by atoms with E-state index in [0.29, 0.717) is 0 Å². The Balaban J connectivity index is -0.0000000112. The molecule has 0 atom stereocenters. The van der Waals surface area contributed by atoms with Gasteiger partial charge in [-0.25, -0.2) is 9.59 Å². The molecule has 0 aromatic rings. The Morgan fingerprint density at radius 3 is 0.900 bits per heavy atom. The van der Waals surface area contributed by atoms with Gasteiger partial charge in [-0.3, -0.25) is 0 Å². The van der Waals surface area contributed by atoms with Crippen molar-refractivity contribution in [3.8, 4) is 0 Å². The summed E-state index contributed by atoms with van der Waals surface area (Å²) in [7, 11) is 0. The number of carbonyl (C=O) groups is 2. The third-order valence-corrected chi connectivity index (χ3v) is 0. The fourth-order valence-electron chi connectivity index (χ4n) is 0. The summed E-state index contributed by atoms with van der Waals surface area (Å²) in [6, 6.07) is 0. The molecule has 10 heavy (non-hydrogen) atoms. The van der Waals surface area contributed by atoms with Crippen LogP contribution in [0, 0.1) is 0 Å². The van der Waals surface area contributed by atoms with Crippen molar-refractivity contribution >= 4 is 35.4 Å². The van der Waals surface area contributed by atoms with Crippen molar-refractivity contribution in [1.82, 2.24) is 0 Å². The van der Waals surface area contributed by atoms with Gasteiger partial charge >= 0.3 is 89.6 Å². The van der Waals surface area contributed by atoms with E-state index in [9.17, 15) is 0 Å². The molecule has 0 unspecified atom stereocenters. The zero-order chi connectivity index (χ0) is 7.15. The predicted octanol–water partition coefficient (Wildman–Crippen LogP) is -2.71. The SMILES string of the molecule is O=C(O)O.O=C(O)O.[H+].[H+].[K+].[Mg+2]. The van der Waals surface area contributed by atoms with E-state index in [4.69, 9.17) is 30.0 Å². The van der Waals surface area contributed by atoms with Crippen molar-refractivity contribution in [3.05, 3.63) is 0 Å². The molecule has 0 radical (unpaired) electrons. The average Bonchev–Trinajstić information content (AvgIpc) is 1.25. The first-order valence-corrected chi connectivity index (χ1v) is 1.30. The van der Waals surface area contributed by atoms with E-state index in [1.165, 1.54) is 0 Å². The van der Waals surface area contributed by atoms with Gasteiger partial charge < -0.3 is 20.4 Å². The minimum atomic E-state index is -1.83. The smallest absolute Gasteiger partial charge is 0.450 e. The summed E-state index contributed by atoms with van der Waals surface area (Å²) < 4.78 is 0. The van der Waals surface area contributed by atoms with Gasteiger partial charge in [-0.1, -0.05) is 0 Å². The van der Waals surface area contributed by atoms with Gasteiger partial charge in [0, 0.05) is 0 Å². The second-order valence-corrected chi connectivity index (χ2v) is 0.565. The predicted molar refractivity (Wildman–Crippen MR) is 29.3 cm³/mol. The molecule has 4 N–H and O–H groups in total. The summed E-state index contributed by atoms with van der Waals surface area (Å²) in [5, 5.41) is 27.9. The fourth-order valence-corrected chi connectivity index (χ4v) is 0. The molecule has 0 spiro atoms. The van der Waals surface area contributed by atoms with E-state index < -0.39 is 12.3 Å². The molecule has 8 heteroatoms. The Morgan fingerprint density at radius 2 is 0.900 bits per heavy atom. The molecule has 0 heterocycles. The molecule has 0 bridgehead atoms. The Bertz CT molecular complexity index is 81.5. The third kappa shape index (κ3) is 635. The Hall–Kier alpha value is 0.943. The van der Waals surface area contributed by atoms with Gasteiger partial charge in [0.2, 0.25) is 0 Å². The molecule has 0 aromatic heterocycles. The standard InChI is InChI=1S/2CH2O3.K.Mg/c2*2-1(3)4;;/h2*(H2,2,3,4);;/q;;+1;+2/p+2. The van der Waals surface area contributed by atoms with Crippen LogP contribution in [0.4, 0.5) is 9.59 Å². The van der Waals surface area contributed by atoms with Crippen LogP contribution in [0.2, 0.25) is 0 Å². The van der Waals surface area contributed by atoms with Crippen LogP contribution in [0.3, 0.4) is 0 Å². The van der Waals surface area contributed by atoms with E-state index in [0.717, 1.165) is 0 Å². The third-order valence-electron chi connectivity index (χ3n) is 0. The molecule has 0 aliphatic carbocycles. The molecule has 6 nitrogen and oxygen atoms in total. The van der Waals surface area contributed by atoms with Crippen LogP contribution < -0.4 is 51.4 Å². The van der Waals surface area contributed by atoms with Crippen LogP contribution in [0.15, 0.2) is 0 Å². The molecule has 0 aromatic carbocycles. The van der Waals surface area contributed by atoms with Gasteiger partial charge in [0.25, 0.3) is 0 Å². The van der Waals surface area contributed by atoms with Gasteiger partial charge in [-0.2, -0.15) is 0 Å². The first-order chi connectivity index (χ1) is 3.46. The van der Waals surface area contributed by atoms with Gasteiger partial charge in [0.05, 0.1) is 0 Å². The largest absolute Gasteiger partial charge is 2.00 e. The van der Waals surface area contributed by atoms with Crippen LogP contribution in [-0.2, 0) is 0 Å². The number of hydrogen-bond donors (Lipinski definition) is 4. The van der Waals surface area contributed by atoms with Gasteiger partial charge in [0.1, 0.15) is 0 Å². The Morgan fingerprint density at radius 1 is 0.900 bits per heavy atom. The summed E-state index contributed by atoms with van der Waals surface area (Å²) in [5.74, 6) is 0. The first kappa shape index (κ1) is 22.4. The second kappa shape index (κ2) is 16.5. The molecule has 0 aliphatic rings. The maximum atomic E-state index is 8.56. The quantitative estimate of drug-likeness (QED) is 0.308. The second-order valence-electron chi connectivity index (χ2n) is 0.565. The minimum absolute atomic E-state index is 0. The summed E-state index contributed by atoms with van der Waals surface area (Å²) in [4.78, 5) is 17.1. The molecule has 48 valence electrons. The molecule has 0 saturated carbocycles. The van der Waals surface area contributed by atoms with E-state index in [-0.39, 0.29) is 77.3 Å². The minimum Gasteiger partial charge on any atom is -0.450 e. The monoisotopic (exact) mass is 189 g/mol. The number of rotatable bonds is 0. The Kier molecular flexibility index (Phi) is 37.0. The van der Waals surface area contributed by atoms with Crippen LogP contribution in [-0.4, -0.2) is 55.8 Å². The van der Waals surface area contributed by atoms with Crippen molar-refractivity contribution in [2.45, 2.75) is 0 Å². The van der Waals surface area contributed by atoms with E-state index in [2.05, 4.69) is 0 Å². The van der Waals surface area contributed by atoms with Crippen molar-refractivity contribution < 1.29 is 84.3 Å². The summed E-state index contributed by atoms with van der Waals surface area (Å²) in [6.07, 6.45) is -3.67.